The molecular formula is C14H13FN4O3. The maximum atomic E-state index is 13.0. The van der Waals surface area contributed by atoms with Crippen LogP contribution in [0.3, 0.4) is 0 Å². The zero-order valence-electron chi connectivity index (χ0n) is 11.9. The maximum Gasteiger partial charge on any atom is 0.279 e. The van der Waals surface area contributed by atoms with Crippen LogP contribution in [0.2, 0.25) is 0 Å². The number of nitro benzene ring substituents is 1. The average Bonchev–Trinajstić information content (AvgIpc) is 2.77. The predicted molar refractivity (Wildman–Crippen MR) is 78.8 cm³/mol. The van der Waals surface area contributed by atoms with Gasteiger partial charge in [0, 0.05) is 6.08 Å². The molecule has 0 spiro atoms. The van der Waals surface area contributed by atoms with E-state index < -0.39 is 22.3 Å². The topological polar surface area (TPSA) is 101 Å². The van der Waals surface area contributed by atoms with Crippen molar-refractivity contribution in [2.24, 2.45) is 0 Å². The lowest BCUT2D eigenvalue weighted by Crippen LogP contribution is -2.09. The van der Waals surface area contributed by atoms with Crippen LogP contribution in [0.5, 0.6) is 0 Å². The normalized spacial score (nSPS) is 10.9. The lowest BCUT2D eigenvalue weighted by molar-refractivity contribution is -0.385. The van der Waals surface area contributed by atoms with Gasteiger partial charge in [0.2, 0.25) is 5.91 Å². The van der Waals surface area contributed by atoms with Gasteiger partial charge in [0.25, 0.3) is 5.69 Å². The first-order valence-electron chi connectivity index (χ1n) is 6.33. The molecule has 1 heterocycles. The number of carbonyl (C=O) groups is 1. The van der Waals surface area contributed by atoms with Crippen LogP contribution in [-0.4, -0.2) is 21.0 Å². The summed E-state index contributed by atoms with van der Waals surface area (Å²) in [5.74, 6) is -1.18. The lowest BCUT2D eigenvalue weighted by Gasteiger charge is -2.01. The highest BCUT2D eigenvalue weighted by Gasteiger charge is 2.13. The number of aryl methyl sites for hydroxylation is 2. The molecule has 0 aliphatic rings. The molecule has 2 aromatic rings. The van der Waals surface area contributed by atoms with E-state index in [4.69, 9.17) is 0 Å². The summed E-state index contributed by atoms with van der Waals surface area (Å²) in [6.45, 7) is 3.48. The van der Waals surface area contributed by atoms with Crippen molar-refractivity contribution in [1.82, 2.24) is 10.2 Å². The highest BCUT2D eigenvalue weighted by Crippen LogP contribution is 2.21. The Morgan fingerprint density at radius 1 is 1.45 bits per heavy atom. The molecule has 0 fully saturated rings. The minimum atomic E-state index is -0.710. The molecule has 7 nitrogen and oxygen atoms in total. The van der Waals surface area contributed by atoms with Crippen molar-refractivity contribution in [2.75, 3.05) is 5.32 Å². The van der Waals surface area contributed by atoms with Gasteiger partial charge in [-0.05, 0) is 32.1 Å². The zero-order valence-corrected chi connectivity index (χ0v) is 11.9. The summed E-state index contributed by atoms with van der Waals surface area (Å²) >= 11 is 0. The van der Waals surface area contributed by atoms with Gasteiger partial charge in [-0.3, -0.25) is 20.0 Å². The molecule has 1 aromatic carbocycles. The molecule has 0 atom stereocenters. The summed E-state index contributed by atoms with van der Waals surface area (Å²) in [5, 5.41) is 20.1. The van der Waals surface area contributed by atoms with Crippen molar-refractivity contribution in [1.29, 1.82) is 0 Å². The van der Waals surface area contributed by atoms with Crippen LogP contribution in [0.1, 0.15) is 17.0 Å². The Bertz CT molecular complexity index is 748. The SMILES string of the molecule is Cc1n[nH]c(C)c1NC(=O)C=Cc1ccc(F)cc1[N+](=O)[O-]. The van der Waals surface area contributed by atoms with E-state index in [9.17, 15) is 19.3 Å². The van der Waals surface area contributed by atoms with Gasteiger partial charge >= 0.3 is 0 Å². The van der Waals surface area contributed by atoms with Crippen LogP contribution in [0.25, 0.3) is 6.08 Å². The summed E-state index contributed by atoms with van der Waals surface area (Å²) < 4.78 is 13.0. The van der Waals surface area contributed by atoms with Gasteiger partial charge in [-0.1, -0.05) is 0 Å². The number of hydrogen-bond donors (Lipinski definition) is 2. The molecule has 1 amide bonds. The summed E-state index contributed by atoms with van der Waals surface area (Å²) in [6, 6.07) is 3.14. The summed E-state index contributed by atoms with van der Waals surface area (Å²) in [6.07, 6.45) is 2.41. The van der Waals surface area contributed by atoms with Gasteiger partial charge in [-0.25, -0.2) is 4.39 Å². The second kappa shape index (κ2) is 6.17. The van der Waals surface area contributed by atoms with Crippen molar-refractivity contribution >= 4 is 23.4 Å². The van der Waals surface area contributed by atoms with Crippen LogP contribution < -0.4 is 5.32 Å². The number of benzene rings is 1. The Morgan fingerprint density at radius 3 is 2.77 bits per heavy atom. The van der Waals surface area contributed by atoms with Crippen molar-refractivity contribution in [2.45, 2.75) is 13.8 Å². The zero-order chi connectivity index (χ0) is 16.3. The average molecular weight is 304 g/mol. The second-order valence-corrected chi connectivity index (χ2v) is 4.59. The number of nitro groups is 1. The smallest absolute Gasteiger partial charge is 0.279 e. The van der Waals surface area contributed by atoms with Gasteiger partial charge in [0.1, 0.15) is 5.82 Å². The Balaban J connectivity index is 2.18. The van der Waals surface area contributed by atoms with E-state index >= 15 is 0 Å². The predicted octanol–water partition coefficient (Wildman–Crippen LogP) is 2.73. The number of anilines is 1. The molecule has 0 aliphatic heterocycles. The van der Waals surface area contributed by atoms with E-state index in [0.29, 0.717) is 17.1 Å². The summed E-state index contributed by atoms with van der Waals surface area (Å²) in [5.41, 5.74) is 1.63. The molecule has 0 saturated heterocycles. The molecule has 2 N–H and O–H groups in total. The van der Waals surface area contributed by atoms with Gasteiger partial charge in [-0.2, -0.15) is 5.10 Å². The Morgan fingerprint density at radius 2 is 2.18 bits per heavy atom. The standard InChI is InChI=1S/C14H13FN4O3/c1-8-14(9(2)18-17-8)16-13(20)6-4-10-3-5-11(15)7-12(10)19(21)22/h3-7H,1-2H3,(H,16,20)(H,17,18). The van der Waals surface area contributed by atoms with E-state index in [-0.39, 0.29) is 5.56 Å². The quantitative estimate of drug-likeness (QED) is 0.515. The Hall–Kier alpha value is -3.03. The first kappa shape index (κ1) is 15.4. The van der Waals surface area contributed by atoms with E-state index in [2.05, 4.69) is 15.5 Å². The van der Waals surface area contributed by atoms with Crippen LogP contribution >= 0.6 is 0 Å². The van der Waals surface area contributed by atoms with E-state index in [1.165, 1.54) is 12.1 Å². The van der Waals surface area contributed by atoms with E-state index in [1.807, 2.05) is 0 Å². The highest BCUT2D eigenvalue weighted by molar-refractivity contribution is 6.02. The van der Waals surface area contributed by atoms with Crippen molar-refractivity contribution in [3.05, 3.63) is 57.2 Å². The molecule has 0 saturated carbocycles. The molecule has 0 unspecified atom stereocenters. The first-order chi connectivity index (χ1) is 10.4. The largest absolute Gasteiger partial charge is 0.319 e. The first-order valence-corrected chi connectivity index (χ1v) is 6.33. The molecule has 1 aromatic heterocycles. The third kappa shape index (κ3) is 3.35. The molecule has 114 valence electrons. The number of aromatic amines is 1. The minimum Gasteiger partial charge on any atom is -0.319 e. The van der Waals surface area contributed by atoms with Gasteiger partial charge in [0.05, 0.1) is 33.6 Å². The Labute approximate surface area is 125 Å². The minimum absolute atomic E-state index is 0.141. The summed E-state index contributed by atoms with van der Waals surface area (Å²) in [7, 11) is 0. The lowest BCUT2D eigenvalue weighted by atomic mass is 10.1. The maximum absolute atomic E-state index is 13.0. The second-order valence-electron chi connectivity index (χ2n) is 4.59. The number of carbonyl (C=O) groups excluding carboxylic acids is 1. The Kier molecular flexibility index (Phi) is 4.31. The molecule has 0 radical (unpaired) electrons. The molecule has 2 rings (SSSR count). The fourth-order valence-corrected chi connectivity index (χ4v) is 1.88. The molecule has 0 bridgehead atoms. The van der Waals surface area contributed by atoms with Gasteiger partial charge in [-0.15, -0.1) is 0 Å². The number of amides is 1. The fourth-order valence-electron chi connectivity index (χ4n) is 1.88. The monoisotopic (exact) mass is 304 g/mol. The number of nitrogens with one attached hydrogen (secondary N) is 2. The molecular weight excluding hydrogens is 291 g/mol. The van der Waals surface area contributed by atoms with Crippen molar-refractivity contribution in [3.63, 3.8) is 0 Å². The molecule has 0 aliphatic carbocycles. The summed E-state index contributed by atoms with van der Waals surface area (Å²) in [4.78, 5) is 22.0. The van der Waals surface area contributed by atoms with Crippen LogP contribution in [-0.2, 0) is 4.79 Å². The fraction of sp³-hybridized carbons (Fsp3) is 0.143. The number of aromatic nitrogens is 2. The third-order valence-corrected chi connectivity index (χ3v) is 2.98. The van der Waals surface area contributed by atoms with E-state index in [1.54, 1.807) is 13.8 Å². The van der Waals surface area contributed by atoms with Crippen molar-refractivity contribution < 1.29 is 14.1 Å². The van der Waals surface area contributed by atoms with Gasteiger partial charge < -0.3 is 5.32 Å². The van der Waals surface area contributed by atoms with Crippen LogP contribution in [0, 0.1) is 29.8 Å². The van der Waals surface area contributed by atoms with Crippen LogP contribution in [0.15, 0.2) is 24.3 Å². The van der Waals surface area contributed by atoms with E-state index in [0.717, 1.165) is 18.2 Å². The number of halogens is 1. The highest BCUT2D eigenvalue weighted by atomic mass is 19.1. The van der Waals surface area contributed by atoms with Crippen LogP contribution in [0.4, 0.5) is 15.8 Å². The van der Waals surface area contributed by atoms with Crippen molar-refractivity contribution in [3.8, 4) is 0 Å². The number of H-pyrrole nitrogens is 1. The number of hydrogen-bond acceptors (Lipinski definition) is 4. The third-order valence-electron chi connectivity index (χ3n) is 2.98. The molecule has 8 heteroatoms. The number of nitrogens with zero attached hydrogens (tertiary/aromatic N) is 2. The molecule has 22 heavy (non-hydrogen) atoms. The number of rotatable bonds is 4. The van der Waals surface area contributed by atoms with Gasteiger partial charge in [0.15, 0.2) is 0 Å².